The largest absolute Gasteiger partial charge is 0.469 e. The van der Waals surface area contributed by atoms with Gasteiger partial charge in [0.05, 0.1) is 17.7 Å². The molecule has 2 aromatic rings. The molecule has 1 saturated carbocycles. The van der Waals surface area contributed by atoms with E-state index in [1.54, 1.807) is 18.4 Å². The molecule has 0 radical (unpaired) electrons. The predicted molar refractivity (Wildman–Crippen MR) is 116 cm³/mol. The Morgan fingerprint density at radius 3 is 2.43 bits per heavy atom. The monoisotopic (exact) mass is 430 g/mol. The zero-order valence-corrected chi connectivity index (χ0v) is 18.0. The molecule has 162 valence electrons. The summed E-state index contributed by atoms with van der Waals surface area (Å²) in [5.41, 5.74) is 0.948. The van der Waals surface area contributed by atoms with E-state index in [0.29, 0.717) is 6.54 Å². The van der Waals surface area contributed by atoms with E-state index in [4.69, 9.17) is 14.5 Å². The van der Waals surface area contributed by atoms with Crippen molar-refractivity contribution < 1.29 is 12.8 Å². The standard InChI is InChI=1S/C22H30N4O3S/c23-30(27,28)21-9-7-17(8-10-21)14-25-22(24-12-11-20-6-3-13-29-20)26-15-18-4-1-2-5-19(18)16-26/h3,6-10,13,18-19H,1-2,4-5,11-12,14-16H2,(H,24,25)(H2,23,27,28). The number of hydrogen-bond acceptors (Lipinski definition) is 4. The quantitative estimate of drug-likeness (QED) is 0.542. The highest BCUT2D eigenvalue weighted by atomic mass is 32.2. The van der Waals surface area contributed by atoms with Gasteiger partial charge in [-0.25, -0.2) is 18.5 Å². The van der Waals surface area contributed by atoms with Crippen LogP contribution in [0.2, 0.25) is 0 Å². The molecule has 0 spiro atoms. The second-order valence-electron chi connectivity index (χ2n) is 8.29. The molecule has 2 aliphatic rings. The van der Waals surface area contributed by atoms with E-state index in [9.17, 15) is 8.42 Å². The van der Waals surface area contributed by atoms with Crippen molar-refractivity contribution in [1.82, 2.24) is 10.2 Å². The zero-order valence-electron chi connectivity index (χ0n) is 17.2. The van der Waals surface area contributed by atoms with E-state index in [0.717, 1.165) is 55.2 Å². The fourth-order valence-corrected chi connectivity index (χ4v) is 5.06. The second kappa shape index (κ2) is 9.22. The van der Waals surface area contributed by atoms with Crippen LogP contribution in [0.3, 0.4) is 0 Å². The third-order valence-electron chi connectivity index (χ3n) is 6.17. The SMILES string of the molecule is NS(=O)(=O)c1ccc(CN=C(NCCc2ccco2)N2CC3CCCCC3C2)cc1. The predicted octanol–water partition coefficient (Wildman–Crippen LogP) is 2.74. The van der Waals surface area contributed by atoms with Crippen LogP contribution >= 0.6 is 0 Å². The van der Waals surface area contributed by atoms with Crippen LogP contribution < -0.4 is 10.5 Å². The van der Waals surface area contributed by atoms with Gasteiger partial charge in [-0.1, -0.05) is 25.0 Å². The summed E-state index contributed by atoms with van der Waals surface area (Å²) in [5, 5.41) is 8.70. The Labute approximate surface area is 178 Å². The fourth-order valence-electron chi connectivity index (χ4n) is 4.55. The van der Waals surface area contributed by atoms with Crippen molar-refractivity contribution in [2.24, 2.45) is 22.0 Å². The van der Waals surface area contributed by atoms with Crippen LogP contribution in [0.4, 0.5) is 0 Å². The molecule has 2 atom stereocenters. The lowest BCUT2D eigenvalue weighted by Crippen LogP contribution is -2.41. The molecular weight excluding hydrogens is 400 g/mol. The van der Waals surface area contributed by atoms with Crippen LogP contribution in [0.15, 0.2) is 57.0 Å². The number of primary sulfonamides is 1. The van der Waals surface area contributed by atoms with Crippen molar-refractivity contribution in [3.63, 3.8) is 0 Å². The van der Waals surface area contributed by atoms with Gasteiger partial charge in [0.2, 0.25) is 10.0 Å². The number of benzene rings is 1. The summed E-state index contributed by atoms with van der Waals surface area (Å²) in [4.78, 5) is 7.38. The van der Waals surface area contributed by atoms with Crippen LogP contribution in [0.25, 0.3) is 0 Å². The van der Waals surface area contributed by atoms with Crippen molar-refractivity contribution in [1.29, 1.82) is 0 Å². The molecule has 7 nitrogen and oxygen atoms in total. The smallest absolute Gasteiger partial charge is 0.238 e. The molecule has 2 unspecified atom stereocenters. The number of fused-ring (bicyclic) bond motifs is 1. The summed E-state index contributed by atoms with van der Waals surface area (Å²) in [5.74, 6) is 3.41. The third kappa shape index (κ3) is 5.23. The van der Waals surface area contributed by atoms with Crippen LogP contribution in [0.1, 0.15) is 37.0 Å². The number of nitrogens with zero attached hydrogens (tertiary/aromatic N) is 2. The number of furan rings is 1. The third-order valence-corrected chi connectivity index (χ3v) is 7.10. The molecule has 0 bridgehead atoms. The topological polar surface area (TPSA) is 101 Å². The fraction of sp³-hybridized carbons (Fsp3) is 0.500. The summed E-state index contributed by atoms with van der Waals surface area (Å²) in [6.07, 6.45) is 7.80. The Morgan fingerprint density at radius 1 is 1.13 bits per heavy atom. The Morgan fingerprint density at radius 2 is 1.83 bits per heavy atom. The maximum atomic E-state index is 11.4. The Hall–Kier alpha value is -2.32. The number of guanidine groups is 1. The van der Waals surface area contributed by atoms with Gasteiger partial charge in [0.15, 0.2) is 5.96 Å². The van der Waals surface area contributed by atoms with Gasteiger partial charge in [0.1, 0.15) is 5.76 Å². The van der Waals surface area contributed by atoms with Crippen LogP contribution in [0, 0.1) is 11.8 Å². The Balaban J connectivity index is 1.44. The van der Waals surface area contributed by atoms with Gasteiger partial charge >= 0.3 is 0 Å². The van der Waals surface area contributed by atoms with E-state index < -0.39 is 10.0 Å². The average molecular weight is 431 g/mol. The number of likely N-dealkylation sites (tertiary alicyclic amines) is 1. The lowest BCUT2D eigenvalue weighted by Gasteiger charge is -2.22. The normalized spacial score (nSPS) is 22.2. The summed E-state index contributed by atoms with van der Waals surface area (Å²) in [6, 6.07) is 10.5. The average Bonchev–Trinajstić information content (AvgIpc) is 3.39. The molecule has 3 N–H and O–H groups in total. The number of aliphatic imine (C=N–C) groups is 1. The van der Waals surface area contributed by atoms with Gasteiger partial charge < -0.3 is 14.6 Å². The van der Waals surface area contributed by atoms with Gasteiger partial charge in [-0.05, 0) is 54.5 Å². The van der Waals surface area contributed by atoms with Gasteiger partial charge in [-0.15, -0.1) is 0 Å². The minimum Gasteiger partial charge on any atom is -0.469 e. The number of hydrogen-bond donors (Lipinski definition) is 2. The molecule has 4 rings (SSSR count). The maximum absolute atomic E-state index is 11.4. The minimum atomic E-state index is -3.68. The van der Waals surface area contributed by atoms with E-state index in [2.05, 4.69) is 10.2 Å². The Bertz CT molecular complexity index is 941. The summed E-state index contributed by atoms with van der Waals surface area (Å²) in [7, 11) is -3.68. The molecule has 1 aliphatic carbocycles. The highest BCUT2D eigenvalue weighted by molar-refractivity contribution is 7.89. The van der Waals surface area contributed by atoms with Gasteiger partial charge in [-0.2, -0.15) is 0 Å². The minimum absolute atomic E-state index is 0.121. The molecule has 8 heteroatoms. The molecule has 1 saturated heterocycles. The number of nitrogens with one attached hydrogen (secondary N) is 1. The highest BCUT2D eigenvalue weighted by Gasteiger charge is 2.35. The molecule has 1 aliphatic heterocycles. The highest BCUT2D eigenvalue weighted by Crippen LogP contribution is 2.36. The summed E-state index contributed by atoms with van der Waals surface area (Å²) >= 11 is 0. The van der Waals surface area contributed by atoms with Crippen molar-refractivity contribution in [2.45, 2.75) is 43.5 Å². The number of sulfonamides is 1. The first-order valence-corrected chi connectivity index (χ1v) is 12.2. The first-order valence-electron chi connectivity index (χ1n) is 10.7. The second-order valence-corrected chi connectivity index (χ2v) is 9.86. The van der Waals surface area contributed by atoms with Crippen LogP contribution in [-0.4, -0.2) is 38.9 Å². The molecule has 2 fully saturated rings. The van der Waals surface area contributed by atoms with Crippen molar-refractivity contribution in [3.05, 3.63) is 54.0 Å². The molecule has 30 heavy (non-hydrogen) atoms. The molecule has 1 aromatic heterocycles. The van der Waals surface area contributed by atoms with Gasteiger partial charge in [-0.3, -0.25) is 0 Å². The number of nitrogens with two attached hydrogens (primary N) is 1. The molecular formula is C22H30N4O3S. The summed E-state index contributed by atoms with van der Waals surface area (Å²) < 4.78 is 28.3. The molecule has 0 amide bonds. The first-order chi connectivity index (χ1) is 14.5. The Kier molecular flexibility index (Phi) is 6.43. The maximum Gasteiger partial charge on any atom is 0.238 e. The van der Waals surface area contributed by atoms with E-state index in [1.165, 1.54) is 37.8 Å². The van der Waals surface area contributed by atoms with E-state index in [-0.39, 0.29) is 4.90 Å². The molecule has 2 heterocycles. The van der Waals surface area contributed by atoms with Gasteiger partial charge in [0, 0.05) is 26.1 Å². The van der Waals surface area contributed by atoms with Crippen LogP contribution in [-0.2, 0) is 23.0 Å². The lowest BCUT2D eigenvalue weighted by molar-refractivity contribution is 0.299. The first kappa shape index (κ1) is 20.9. The van der Waals surface area contributed by atoms with E-state index in [1.807, 2.05) is 12.1 Å². The lowest BCUT2D eigenvalue weighted by atomic mass is 9.82. The van der Waals surface area contributed by atoms with E-state index >= 15 is 0 Å². The summed E-state index contributed by atoms with van der Waals surface area (Å²) in [6.45, 7) is 3.35. The van der Waals surface area contributed by atoms with Crippen molar-refractivity contribution in [2.75, 3.05) is 19.6 Å². The number of rotatable bonds is 6. The van der Waals surface area contributed by atoms with Crippen LogP contribution in [0.5, 0.6) is 0 Å². The molecule has 1 aromatic carbocycles. The van der Waals surface area contributed by atoms with Crippen molar-refractivity contribution >= 4 is 16.0 Å². The van der Waals surface area contributed by atoms with Crippen molar-refractivity contribution in [3.8, 4) is 0 Å². The van der Waals surface area contributed by atoms with Gasteiger partial charge in [0.25, 0.3) is 0 Å². The zero-order chi connectivity index (χ0) is 21.0.